The van der Waals surface area contributed by atoms with E-state index in [0.717, 1.165) is 17.1 Å². The third-order valence-corrected chi connectivity index (χ3v) is 2.69. The molecule has 2 nitrogen and oxygen atoms in total. The summed E-state index contributed by atoms with van der Waals surface area (Å²) >= 11 is 1.33. The molecular formula is C7H11NOS. The lowest BCUT2D eigenvalue weighted by Crippen LogP contribution is -2.12. The van der Waals surface area contributed by atoms with Crippen molar-refractivity contribution in [1.82, 2.24) is 4.57 Å². The van der Waals surface area contributed by atoms with Gasteiger partial charge in [-0.05, 0) is 20.8 Å². The van der Waals surface area contributed by atoms with E-state index in [2.05, 4.69) is 0 Å². The van der Waals surface area contributed by atoms with E-state index in [1.54, 1.807) is 4.57 Å². The summed E-state index contributed by atoms with van der Waals surface area (Å²) in [4.78, 5) is 12.4. The van der Waals surface area contributed by atoms with Crippen LogP contribution in [-0.2, 0) is 6.54 Å². The standard InChI is InChI=1S/C7H11NOS/c1-4-8-5(2)6(3)10-7(8)9/h4H2,1-3H3. The van der Waals surface area contributed by atoms with Crippen LogP contribution in [0, 0.1) is 13.8 Å². The summed E-state index contributed by atoms with van der Waals surface area (Å²) in [5.41, 5.74) is 1.11. The lowest BCUT2D eigenvalue weighted by molar-refractivity contribution is 0.720. The van der Waals surface area contributed by atoms with Gasteiger partial charge in [0.05, 0.1) is 0 Å². The molecule has 1 heterocycles. The topological polar surface area (TPSA) is 22.0 Å². The third-order valence-electron chi connectivity index (χ3n) is 1.69. The summed E-state index contributed by atoms with van der Waals surface area (Å²) in [5.74, 6) is 0. The van der Waals surface area contributed by atoms with E-state index in [0.29, 0.717) is 0 Å². The van der Waals surface area contributed by atoms with Crippen molar-refractivity contribution in [2.45, 2.75) is 27.3 Å². The average Bonchev–Trinajstić information content (AvgIpc) is 2.09. The highest BCUT2D eigenvalue weighted by atomic mass is 32.1. The maximum Gasteiger partial charge on any atom is 0.307 e. The van der Waals surface area contributed by atoms with Crippen LogP contribution in [-0.4, -0.2) is 4.57 Å². The van der Waals surface area contributed by atoms with Crippen molar-refractivity contribution in [2.24, 2.45) is 0 Å². The van der Waals surface area contributed by atoms with Crippen LogP contribution >= 0.6 is 11.3 Å². The molecule has 10 heavy (non-hydrogen) atoms. The number of thiazole rings is 1. The normalized spacial score (nSPS) is 10.3. The van der Waals surface area contributed by atoms with Crippen molar-refractivity contribution in [3.63, 3.8) is 0 Å². The van der Waals surface area contributed by atoms with Gasteiger partial charge in [-0.15, -0.1) is 0 Å². The molecule has 0 fully saturated rings. The quantitative estimate of drug-likeness (QED) is 0.606. The zero-order valence-electron chi connectivity index (χ0n) is 6.47. The lowest BCUT2D eigenvalue weighted by Gasteiger charge is -1.97. The van der Waals surface area contributed by atoms with Crippen molar-refractivity contribution in [1.29, 1.82) is 0 Å². The minimum Gasteiger partial charge on any atom is -0.303 e. The minimum atomic E-state index is 0.164. The first-order chi connectivity index (χ1) is 4.66. The fourth-order valence-electron chi connectivity index (χ4n) is 0.953. The molecule has 0 saturated heterocycles. The first-order valence-electron chi connectivity index (χ1n) is 3.33. The number of aryl methyl sites for hydroxylation is 1. The van der Waals surface area contributed by atoms with Crippen LogP contribution in [0.15, 0.2) is 4.79 Å². The first kappa shape index (κ1) is 7.54. The van der Waals surface area contributed by atoms with Gasteiger partial charge in [0.15, 0.2) is 0 Å². The molecule has 0 radical (unpaired) electrons. The minimum absolute atomic E-state index is 0.164. The van der Waals surface area contributed by atoms with Crippen molar-refractivity contribution < 1.29 is 0 Å². The molecule has 0 atom stereocenters. The van der Waals surface area contributed by atoms with Crippen molar-refractivity contribution >= 4 is 11.3 Å². The van der Waals surface area contributed by atoms with E-state index in [1.807, 2.05) is 20.8 Å². The fourth-order valence-corrected chi connectivity index (χ4v) is 1.85. The Balaban J connectivity index is 3.34. The third kappa shape index (κ3) is 1.01. The van der Waals surface area contributed by atoms with Gasteiger partial charge in [0.25, 0.3) is 0 Å². The molecule has 0 bridgehead atoms. The van der Waals surface area contributed by atoms with Crippen LogP contribution in [0.3, 0.4) is 0 Å². The van der Waals surface area contributed by atoms with Crippen LogP contribution in [0.2, 0.25) is 0 Å². The Morgan fingerprint density at radius 1 is 1.50 bits per heavy atom. The Kier molecular flexibility index (Phi) is 1.94. The van der Waals surface area contributed by atoms with Gasteiger partial charge in [0.2, 0.25) is 0 Å². The second kappa shape index (κ2) is 2.58. The highest BCUT2D eigenvalue weighted by Gasteiger charge is 2.03. The predicted molar refractivity (Wildman–Crippen MR) is 43.7 cm³/mol. The van der Waals surface area contributed by atoms with Gasteiger partial charge in [-0.3, -0.25) is 4.79 Å². The molecule has 3 heteroatoms. The predicted octanol–water partition coefficient (Wildman–Crippen LogP) is 1.55. The monoisotopic (exact) mass is 157 g/mol. The highest BCUT2D eigenvalue weighted by Crippen LogP contribution is 2.08. The van der Waals surface area contributed by atoms with Crippen molar-refractivity contribution in [2.75, 3.05) is 0 Å². The molecule has 0 aromatic carbocycles. The molecule has 1 aromatic heterocycles. The number of rotatable bonds is 1. The number of hydrogen-bond acceptors (Lipinski definition) is 2. The SMILES string of the molecule is CCn1c(C)c(C)sc1=O. The fraction of sp³-hybridized carbons (Fsp3) is 0.571. The summed E-state index contributed by atoms with van der Waals surface area (Å²) in [6.45, 7) is 6.74. The highest BCUT2D eigenvalue weighted by molar-refractivity contribution is 7.09. The first-order valence-corrected chi connectivity index (χ1v) is 4.15. The Morgan fingerprint density at radius 3 is 2.30 bits per heavy atom. The second-order valence-electron chi connectivity index (χ2n) is 2.25. The van der Waals surface area contributed by atoms with E-state index in [-0.39, 0.29) is 4.87 Å². The van der Waals surface area contributed by atoms with Crippen molar-refractivity contribution in [3.05, 3.63) is 20.2 Å². The summed E-state index contributed by atoms with van der Waals surface area (Å²) in [7, 11) is 0. The Labute approximate surface area is 64.1 Å². The average molecular weight is 157 g/mol. The van der Waals surface area contributed by atoms with Crippen LogP contribution in [0.4, 0.5) is 0 Å². The summed E-state index contributed by atoms with van der Waals surface area (Å²) in [6, 6.07) is 0. The Bertz CT molecular complexity index is 284. The Hall–Kier alpha value is -0.570. The molecule has 0 spiro atoms. The van der Waals surface area contributed by atoms with Crippen LogP contribution < -0.4 is 4.87 Å². The smallest absolute Gasteiger partial charge is 0.303 e. The molecule has 0 aliphatic heterocycles. The molecule has 1 rings (SSSR count). The second-order valence-corrected chi connectivity index (χ2v) is 3.42. The van der Waals surface area contributed by atoms with E-state index in [9.17, 15) is 4.79 Å². The zero-order chi connectivity index (χ0) is 7.72. The molecule has 0 saturated carbocycles. The van der Waals surface area contributed by atoms with Crippen molar-refractivity contribution in [3.8, 4) is 0 Å². The van der Waals surface area contributed by atoms with Gasteiger partial charge < -0.3 is 4.57 Å². The van der Waals surface area contributed by atoms with Gasteiger partial charge in [-0.1, -0.05) is 11.3 Å². The van der Waals surface area contributed by atoms with E-state index in [1.165, 1.54) is 11.3 Å². The number of nitrogens with zero attached hydrogens (tertiary/aromatic N) is 1. The van der Waals surface area contributed by atoms with Crippen LogP contribution in [0.1, 0.15) is 17.5 Å². The van der Waals surface area contributed by atoms with Gasteiger partial charge in [0.1, 0.15) is 0 Å². The molecular weight excluding hydrogens is 146 g/mol. The molecule has 0 aliphatic carbocycles. The van der Waals surface area contributed by atoms with Gasteiger partial charge in [-0.2, -0.15) is 0 Å². The molecule has 0 unspecified atom stereocenters. The summed E-state index contributed by atoms with van der Waals surface area (Å²) < 4.78 is 1.79. The summed E-state index contributed by atoms with van der Waals surface area (Å²) in [5, 5.41) is 0. The molecule has 0 aliphatic rings. The Morgan fingerprint density at radius 2 is 2.10 bits per heavy atom. The maximum atomic E-state index is 11.1. The number of hydrogen-bond donors (Lipinski definition) is 0. The van der Waals surface area contributed by atoms with Gasteiger partial charge in [0, 0.05) is 17.1 Å². The van der Waals surface area contributed by atoms with E-state index < -0.39 is 0 Å². The van der Waals surface area contributed by atoms with Gasteiger partial charge in [-0.25, -0.2) is 0 Å². The van der Waals surface area contributed by atoms with E-state index >= 15 is 0 Å². The zero-order valence-corrected chi connectivity index (χ0v) is 7.29. The molecule has 0 amide bonds. The lowest BCUT2D eigenvalue weighted by atomic mass is 10.4. The molecule has 0 N–H and O–H groups in total. The summed E-state index contributed by atoms with van der Waals surface area (Å²) in [6.07, 6.45) is 0. The molecule has 1 aromatic rings. The maximum absolute atomic E-state index is 11.1. The van der Waals surface area contributed by atoms with Gasteiger partial charge >= 0.3 is 4.87 Å². The number of aromatic nitrogens is 1. The molecule has 56 valence electrons. The van der Waals surface area contributed by atoms with E-state index in [4.69, 9.17) is 0 Å². The largest absolute Gasteiger partial charge is 0.307 e. The van der Waals surface area contributed by atoms with Crippen LogP contribution in [0.5, 0.6) is 0 Å². The van der Waals surface area contributed by atoms with Crippen LogP contribution in [0.25, 0.3) is 0 Å².